The minimum Gasteiger partial charge on any atom is -0.530 e. The van der Waals surface area contributed by atoms with Gasteiger partial charge in [-0.1, -0.05) is 12.1 Å². The molecular formula is C11H12F3N2O2-. The zero-order chi connectivity index (χ0) is 13.9. The standard InChI is InChI=1S/C11H13F3N2O2/c1-15(2)9-5-3-8(4-6-9)7-16(10(17)18)11(12,13)14/h3-6H,7H2,1-2H3,(H,17,18)/p-1. The average Bonchev–Trinajstić information content (AvgIpc) is 2.24. The number of rotatable bonds is 3. The van der Waals surface area contributed by atoms with E-state index < -0.39 is 23.8 Å². The molecule has 1 aromatic carbocycles. The maximum absolute atomic E-state index is 12.4. The van der Waals surface area contributed by atoms with E-state index in [0.29, 0.717) is 0 Å². The lowest BCUT2D eigenvalue weighted by molar-refractivity contribution is -0.314. The monoisotopic (exact) mass is 261 g/mol. The molecule has 4 nitrogen and oxygen atoms in total. The molecule has 1 aromatic rings. The quantitative estimate of drug-likeness (QED) is 0.773. The van der Waals surface area contributed by atoms with E-state index in [1.54, 1.807) is 31.1 Å². The Morgan fingerprint density at radius 2 is 1.72 bits per heavy atom. The van der Waals surface area contributed by atoms with Crippen LogP contribution in [0.5, 0.6) is 0 Å². The fraction of sp³-hybridized carbons (Fsp3) is 0.364. The lowest BCUT2D eigenvalue weighted by Crippen LogP contribution is -2.48. The predicted octanol–water partition coefficient (Wildman–Crippen LogP) is 1.42. The van der Waals surface area contributed by atoms with Crippen molar-refractivity contribution >= 4 is 11.8 Å². The van der Waals surface area contributed by atoms with Gasteiger partial charge >= 0.3 is 6.30 Å². The van der Waals surface area contributed by atoms with Gasteiger partial charge < -0.3 is 14.8 Å². The van der Waals surface area contributed by atoms with E-state index in [9.17, 15) is 23.1 Å². The van der Waals surface area contributed by atoms with Crippen molar-refractivity contribution in [2.24, 2.45) is 0 Å². The molecule has 0 radical (unpaired) electrons. The highest BCUT2D eigenvalue weighted by atomic mass is 19.4. The van der Waals surface area contributed by atoms with E-state index >= 15 is 0 Å². The van der Waals surface area contributed by atoms with Crippen molar-refractivity contribution in [3.05, 3.63) is 29.8 Å². The molecule has 0 aliphatic heterocycles. The molecule has 0 aliphatic rings. The van der Waals surface area contributed by atoms with Crippen molar-refractivity contribution in [1.29, 1.82) is 0 Å². The Hall–Kier alpha value is -1.92. The van der Waals surface area contributed by atoms with Gasteiger partial charge in [0.05, 0.1) is 6.54 Å². The van der Waals surface area contributed by atoms with Crippen molar-refractivity contribution in [2.75, 3.05) is 19.0 Å². The first-order valence-electron chi connectivity index (χ1n) is 5.03. The minimum absolute atomic E-state index is 0.238. The van der Waals surface area contributed by atoms with E-state index in [-0.39, 0.29) is 5.56 Å². The Labute approximate surface area is 102 Å². The highest BCUT2D eigenvalue weighted by molar-refractivity contribution is 5.63. The number of carbonyl (C=O) groups excluding carboxylic acids is 1. The molecule has 0 N–H and O–H groups in total. The summed E-state index contributed by atoms with van der Waals surface area (Å²) >= 11 is 0. The number of carboxylic acid groups (broad SMARTS) is 1. The van der Waals surface area contributed by atoms with Gasteiger partial charge in [-0.25, -0.2) is 0 Å². The van der Waals surface area contributed by atoms with Gasteiger partial charge in [0.2, 0.25) is 0 Å². The maximum atomic E-state index is 12.4. The van der Waals surface area contributed by atoms with Gasteiger partial charge in [0.25, 0.3) is 0 Å². The number of alkyl halides is 3. The Morgan fingerprint density at radius 3 is 2.06 bits per heavy atom. The lowest BCUT2D eigenvalue weighted by atomic mass is 10.2. The second-order valence-electron chi connectivity index (χ2n) is 3.88. The first-order valence-corrected chi connectivity index (χ1v) is 5.03. The van der Waals surface area contributed by atoms with E-state index in [1.165, 1.54) is 12.1 Å². The van der Waals surface area contributed by atoms with Gasteiger partial charge in [0, 0.05) is 19.8 Å². The minimum atomic E-state index is -4.96. The molecule has 18 heavy (non-hydrogen) atoms. The third kappa shape index (κ3) is 3.54. The van der Waals surface area contributed by atoms with Crippen LogP contribution >= 0.6 is 0 Å². The van der Waals surface area contributed by atoms with Gasteiger partial charge in [0.15, 0.2) is 0 Å². The summed E-state index contributed by atoms with van der Waals surface area (Å²) in [4.78, 5) is 11.5. The van der Waals surface area contributed by atoms with E-state index in [1.807, 2.05) is 0 Å². The Kier molecular flexibility index (Phi) is 4.05. The molecule has 7 heteroatoms. The van der Waals surface area contributed by atoms with Crippen LogP contribution in [0.2, 0.25) is 0 Å². The topological polar surface area (TPSA) is 46.6 Å². The summed E-state index contributed by atoms with van der Waals surface area (Å²) < 4.78 is 37.1. The highest BCUT2D eigenvalue weighted by Gasteiger charge is 2.37. The Bertz CT molecular complexity index is 415. The third-order valence-electron chi connectivity index (χ3n) is 2.32. The summed E-state index contributed by atoms with van der Waals surface area (Å²) in [6.45, 7) is -0.778. The van der Waals surface area contributed by atoms with Crippen LogP contribution in [0, 0.1) is 0 Å². The molecule has 1 rings (SSSR count). The molecule has 0 bridgehead atoms. The van der Waals surface area contributed by atoms with Crippen LogP contribution < -0.4 is 10.0 Å². The number of benzene rings is 1. The molecule has 0 aromatic heterocycles. The first kappa shape index (κ1) is 14.1. The Balaban J connectivity index is 2.85. The maximum Gasteiger partial charge on any atom is 0.486 e. The number of amides is 1. The zero-order valence-electron chi connectivity index (χ0n) is 9.86. The van der Waals surface area contributed by atoms with Crippen LogP contribution in [0.4, 0.5) is 23.7 Å². The van der Waals surface area contributed by atoms with Crippen LogP contribution in [-0.4, -0.2) is 31.4 Å². The lowest BCUT2D eigenvalue weighted by Gasteiger charge is -2.27. The fourth-order valence-electron chi connectivity index (χ4n) is 1.34. The van der Waals surface area contributed by atoms with Crippen LogP contribution in [0.15, 0.2) is 24.3 Å². The average molecular weight is 261 g/mol. The summed E-state index contributed by atoms with van der Waals surface area (Å²) in [5, 5.41) is 10.4. The number of hydrogen-bond acceptors (Lipinski definition) is 3. The van der Waals surface area contributed by atoms with Gasteiger partial charge in [0.1, 0.15) is 6.09 Å². The SMILES string of the molecule is CN(C)c1ccc(CN(C(=O)[O-])C(F)(F)F)cc1. The van der Waals surface area contributed by atoms with Gasteiger partial charge in [-0.3, -0.25) is 4.90 Å². The molecule has 0 saturated heterocycles. The summed E-state index contributed by atoms with van der Waals surface area (Å²) in [5.41, 5.74) is 1.05. The van der Waals surface area contributed by atoms with Crippen molar-refractivity contribution in [3.8, 4) is 0 Å². The molecule has 0 aliphatic carbocycles. The van der Waals surface area contributed by atoms with E-state index in [2.05, 4.69) is 0 Å². The van der Waals surface area contributed by atoms with Crippen LogP contribution in [0.3, 0.4) is 0 Å². The summed E-state index contributed by atoms with van der Waals surface area (Å²) in [5.74, 6) is 0. The van der Waals surface area contributed by atoms with Crippen LogP contribution in [-0.2, 0) is 6.54 Å². The smallest absolute Gasteiger partial charge is 0.486 e. The van der Waals surface area contributed by atoms with Gasteiger partial charge in [-0.05, 0) is 17.7 Å². The fourth-order valence-corrected chi connectivity index (χ4v) is 1.34. The number of anilines is 1. The zero-order valence-corrected chi connectivity index (χ0v) is 9.86. The first-order chi connectivity index (χ1) is 8.21. The third-order valence-corrected chi connectivity index (χ3v) is 2.32. The van der Waals surface area contributed by atoms with Crippen molar-refractivity contribution in [2.45, 2.75) is 12.8 Å². The molecule has 0 atom stereocenters. The number of halogens is 3. The molecule has 0 heterocycles. The summed E-state index contributed by atoms with van der Waals surface area (Å²) in [7, 11) is 3.58. The van der Waals surface area contributed by atoms with E-state index in [4.69, 9.17) is 0 Å². The van der Waals surface area contributed by atoms with Gasteiger partial charge in [-0.15, -0.1) is 0 Å². The molecule has 100 valence electrons. The second-order valence-corrected chi connectivity index (χ2v) is 3.88. The number of hydrogen-bond donors (Lipinski definition) is 0. The van der Waals surface area contributed by atoms with Gasteiger partial charge in [-0.2, -0.15) is 13.2 Å². The van der Waals surface area contributed by atoms with Crippen molar-refractivity contribution in [1.82, 2.24) is 4.90 Å². The molecule has 0 saturated carbocycles. The van der Waals surface area contributed by atoms with Crippen molar-refractivity contribution < 1.29 is 23.1 Å². The molecule has 1 amide bonds. The van der Waals surface area contributed by atoms with E-state index in [0.717, 1.165) is 5.69 Å². The molecule has 0 fully saturated rings. The molecule has 0 spiro atoms. The van der Waals surface area contributed by atoms with Crippen LogP contribution in [0.1, 0.15) is 5.56 Å². The molecule has 0 unspecified atom stereocenters. The van der Waals surface area contributed by atoms with Crippen molar-refractivity contribution in [3.63, 3.8) is 0 Å². The summed E-state index contributed by atoms with van der Waals surface area (Å²) in [6, 6.07) is 6.10. The summed E-state index contributed by atoms with van der Waals surface area (Å²) in [6.07, 6.45) is -7.22. The number of carbonyl (C=O) groups is 1. The second kappa shape index (κ2) is 5.16. The highest BCUT2D eigenvalue weighted by Crippen LogP contribution is 2.23. The number of nitrogens with zero attached hydrogens (tertiary/aromatic N) is 2. The normalized spacial score (nSPS) is 11.2. The molecular weight excluding hydrogens is 249 g/mol. The Morgan fingerprint density at radius 1 is 1.22 bits per heavy atom. The largest absolute Gasteiger partial charge is 0.530 e. The predicted molar refractivity (Wildman–Crippen MR) is 57.8 cm³/mol. The van der Waals surface area contributed by atoms with Crippen LogP contribution in [0.25, 0.3) is 0 Å².